The summed E-state index contributed by atoms with van der Waals surface area (Å²) in [5.41, 5.74) is 2.21. The van der Waals surface area contributed by atoms with Gasteiger partial charge in [-0.25, -0.2) is 8.42 Å². The molecule has 1 aliphatic rings. The maximum Gasteiger partial charge on any atom is 0.264 e. The van der Waals surface area contributed by atoms with Gasteiger partial charge in [0.1, 0.15) is 5.75 Å². The molecular weight excluding hydrogens is 523 g/mol. The monoisotopic (exact) mass is 552 g/mol. The first-order valence-corrected chi connectivity index (χ1v) is 13.1. The van der Waals surface area contributed by atoms with Gasteiger partial charge >= 0.3 is 0 Å². The highest BCUT2D eigenvalue weighted by Crippen LogP contribution is 2.41. The SMILES string of the molecule is COc1ccc(S(=O)(=O)N(c2c(Cc3ccccc3Cl)cccc2OC)[C@H]2CCNC2)cc1OC.Cl. The first-order valence-electron chi connectivity index (χ1n) is 11.3. The molecule has 0 bridgehead atoms. The lowest BCUT2D eigenvalue weighted by Crippen LogP contribution is -2.42. The molecule has 1 saturated heterocycles. The van der Waals surface area contributed by atoms with E-state index in [4.69, 9.17) is 25.8 Å². The maximum atomic E-state index is 14.2. The summed E-state index contributed by atoms with van der Waals surface area (Å²) in [5.74, 6) is 1.28. The second kappa shape index (κ2) is 12.1. The minimum absolute atomic E-state index is 0. The van der Waals surface area contributed by atoms with Gasteiger partial charge in [-0.05, 0) is 48.4 Å². The lowest BCUT2D eigenvalue weighted by Gasteiger charge is -2.33. The van der Waals surface area contributed by atoms with Gasteiger partial charge in [0.2, 0.25) is 0 Å². The van der Waals surface area contributed by atoms with Crippen LogP contribution in [0.1, 0.15) is 17.5 Å². The van der Waals surface area contributed by atoms with Crippen LogP contribution in [0.25, 0.3) is 0 Å². The Labute approximate surface area is 223 Å². The normalized spacial score (nSPS) is 15.2. The Morgan fingerprint density at radius 1 is 0.917 bits per heavy atom. The van der Waals surface area contributed by atoms with Crippen LogP contribution in [0.4, 0.5) is 5.69 Å². The molecule has 4 rings (SSSR count). The summed E-state index contributed by atoms with van der Waals surface area (Å²) >= 11 is 6.46. The van der Waals surface area contributed by atoms with E-state index < -0.39 is 10.0 Å². The maximum absolute atomic E-state index is 14.2. The highest BCUT2D eigenvalue weighted by molar-refractivity contribution is 7.92. The predicted molar refractivity (Wildman–Crippen MR) is 145 cm³/mol. The Balaban J connectivity index is 0.00000361. The largest absolute Gasteiger partial charge is 0.495 e. The van der Waals surface area contributed by atoms with Gasteiger partial charge in [-0.2, -0.15) is 0 Å². The Morgan fingerprint density at radius 2 is 1.61 bits per heavy atom. The molecule has 0 radical (unpaired) electrons. The zero-order valence-corrected chi connectivity index (χ0v) is 22.8. The van der Waals surface area contributed by atoms with E-state index in [-0.39, 0.29) is 23.3 Å². The summed E-state index contributed by atoms with van der Waals surface area (Å²) in [6, 6.07) is 17.5. The zero-order valence-electron chi connectivity index (χ0n) is 20.4. The van der Waals surface area contributed by atoms with Crippen molar-refractivity contribution >= 4 is 39.7 Å². The van der Waals surface area contributed by atoms with E-state index in [2.05, 4.69) is 5.32 Å². The van der Waals surface area contributed by atoms with Gasteiger partial charge in [0, 0.05) is 24.1 Å². The molecule has 0 aliphatic carbocycles. The van der Waals surface area contributed by atoms with Crippen molar-refractivity contribution in [1.29, 1.82) is 0 Å². The van der Waals surface area contributed by atoms with E-state index in [9.17, 15) is 8.42 Å². The van der Waals surface area contributed by atoms with E-state index in [0.717, 1.165) is 17.7 Å². The average Bonchev–Trinajstić information content (AvgIpc) is 3.40. The first-order chi connectivity index (χ1) is 16.9. The molecule has 1 fully saturated rings. The highest BCUT2D eigenvalue weighted by Gasteiger charge is 2.37. The molecule has 1 N–H and O–H groups in total. The molecule has 36 heavy (non-hydrogen) atoms. The van der Waals surface area contributed by atoms with Gasteiger partial charge in [-0.15, -0.1) is 12.4 Å². The first kappa shape index (κ1) is 27.9. The summed E-state index contributed by atoms with van der Waals surface area (Å²) in [5, 5.41) is 3.91. The standard InChI is InChI=1S/C26H29ClN2O5S.ClH/c1-32-23-12-11-21(16-25(23)34-3)35(30,31)29(20-13-14-28-17-20)26-19(8-6-10-24(26)33-2)15-18-7-4-5-9-22(18)27;/h4-12,16,20,28H,13-15,17H2,1-3H3;1H/t20-;/m0./s1. The Hall–Kier alpha value is -2.65. The Bertz CT molecular complexity index is 1300. The second-order valence-corrected chi connectivity index (χ2v) is 10.4. The van der Waals surface area contributed by atoms with Crippen molar-refractivity contribution < 1.29 is 22.6 Å². The molecule has 1 atom stereocenters. The van der Waals surface area contributed by atoms with Crippen LogP contribution in [0.3, 0.4) is 0 Å². The van der Waals surface area contributed by atoms with Crippen molar-refractivity contribution in [3.63, 3.8) is 0 Å². The summed E-state index contributed by atoms with van der Waals surface area (Å²) < 4.78 is 46.4. The van der Waals surface area contributed by atoms with Gasteiger partial charge in [-0.1, -0.05) is 41.9 Å². The number of methoxy groups -OCH3 is 3. The van der Waals surface area contributed by atoms with Crippen molar-refractivity contribution in [1.82, 2.24) is 5.32 Å². The summed E-state index contributed by atoms with van der Waals surface area (Å²) in [4.78, 5) is 0.108. The third-order valence-corrected chi connectivity index (χ3v) is 8.36. The van der Waals surface area contributed by atoms with Crippen LogP contribution in [0.15, 0.2) is 65.6 Å². The minimum atomic E-state index is -4.01. The van der Waals surface area contributed by atoms with Gasteiger partial charge < -0.3 is 19.5 Å². The van der Waals surface area contributed by atoms with Crippen molar-refractivity contribution in [3.05, 3.63) is 76.8 Å². The van der Waals surface area contributed by atoms with Crippen molar-refractivity contribution in [2.24, 2.45) is 0 Å². The summed E-state index contributed by atoms with van der Waals surface area (Å²) in [6.07, 6.45) is 1.11. The van der Waals surface area contributed by atoms with Gasteiger partial charge in [0.15, 0.2) is 11.5 Å². The quantitative estimate of drug-likeness (QED) is 0.405. The van der Waals surface area contributed by atoms with Crippen LogP contribution in [0, 0.1) is 0 Å². The van der Waals surface area contributed by atoms with Crippen LogP contribution >= 0.6 is 24.0 Å². The van der Waals surface area contributed by atoms with Crippen LogP contribution in [0.5, 0.6) is 17.2 Å². The molecule has 0 amide bonds. The van der Waals surface area contributed by atoms with Crippen molar-refractivity contribution in [3.8, 4) is 17.2 Å². The van der Waals surface area contributed by atoms with E-state index in [0.29, 0.717) is 47.3 Å². The van der Waals surface area contributed by atoms with Crippen LogP contribution < -0.4 is 23.8 Å². The van der Waals surface area contributed by atoms with Gasteiger partial charge in [0.05, 0.1) is 38.0 Å². The van der Waals surface area contributed by atoms with E-state index in [1.165, 1.54) is 30.7 Å². The second-order valence-electron chi connectivity index (χ2n) is 8.20. The Morgan fingerprint density at radius 3 is 2.25 bits per heavy atom. The van der Waals surface area contributed by atoms with E-state index >= 15 is 0 Å². The smallest absolute Gasteiger partial charge is 0.264 e. The molecule has 0 unspecified atom stereocenters. The number of rotatable bonds is 9. The molecule has 1 heterocycles. The highest BCUT2D eigenvalue weighted by atomic mass is 35.5. The molecule has 0 aromatic heterocycles. The third-order valence-electron chi connectivity index (χ3n) is 6.14. The molecule has 194 valence electrons. The molecule has 7 nitrogen and oxygen atoms in total. The molecule has 0 spiro atoms. The van der Waals surface area contributed by atoms with Crippen molar-refractivity contribution in [2.45, 2.75) is 23.8 Å². The number of hydrogen-bond donors (Lipinski definition) is 1. The van der Waals surface area contributed by atoms with Gasteiger partial charge in [-0.3, -0.25) is 4.31 Å². The minimum Gasteiger partial charge on any atom is -0.495 e. The third kappa shape index (κ3) is 5.52. The summed E-state index contributed by atoms with van der Waals surface area (Å²) in [7, 11) is 0.533. The Kier molecular flexibility index (Phi) is 9.35. The lowest BCUT2D eigenvalue weighted by molar-refractivity contribution is 0.354. The molecule has 10 heteroatoms. The predicted octanol–water partition coefficient (Wildman–Crippen LogP) is 4.94. The number of para-hydroxylation sites is 1. The zero-order chi connectivity index (χ0) is 25.0. The number of nitrogens with one attached hydrogen (secondary N) is 1. The molecule has 3 aromatic carbocycles. The average molecular weight is 554 g/mol. The topological polar surface area (TPSA) is 77.1 Å². The number of halogens is 2. The number of hydrogen-bond acceptors (Lipinski definition) is 6. The van der Waals surface area contributed by atoms with Crippen molar-refractivity contribution in [2.75, 3.05) is 38.7 Å². The van der Waals surface area contributed by atoms with Crippen LogP contribution in [-0.4, -0.2) is 48.9 Å². The van der Waals surface area contributed by atoms with E-state index in [1.54, 1.807) is 19.2 Å². The fourth-order valence-corrected chi connectivity index (χ4v) is 6.35. The number of anilines is 1. The van der Waals surface area contributed by atoms with Crippen LogP contribution in [-0.2, 0) is 16.4 Å². The van der Waals surface area contributed by atoms with E-state index in [1.807, 2.05) is 36.4 Å². The molecular formula is C26H30Cl2N2O5S. The molecule has 3 aromatic rings. The van der Waals surface area contributed by atoms with Gasteiger partial charge in [0.25, 0.3) is 10.0 Å². The fraction of sp³-hybridized carbons (Fsp3) is 0.308. The lowest BCUT2D eigenvalue weighted by atomic mass is 10.0. The van der Waals surface area contributed by atoms with Crippen LogP contribution in [0.2, 0.25) is 5.02 Å². The number of nitrogens with zero attached hydrogens (tertiary/aromatic N) is 1. The summed E-state index contributed by atoms with van der Waals surface area (Å²) in [6.45, 7) is 1.24. The fourth-order valence-electron chi connectivity index (χ4n) is 4.40. The molecule has 0 saturated carbocycles. The number of benzene rings is 3. The number of sulfonamides is 1. The molecule has 1 aliphatic heterocycles. The number of ether oxygens (including phenoxy) is 3.